The van der Waals surface area contributed by atoms with Gasteiger partial charge in [0.2, 0.25) is 5.91 Å². The van der Waals surface area contributed by atoms with Crippen LogP contribution in [0.15, 0.2) is 42.7 Å². The number of hydrogen-bond acceptors (Lipinski definition) is 3. The average molecular weight is 348 g/mol. The number of ether oxygens (including phenoxy) is 1. The number of benzene rings is 1. The summed E-state index contributed by atoms with van der Waals surface area (Å²) in [6, 6.07) is 9.29. The Morgan fingerprint density at radius 2 is 2.04 bits per heavy atom. The zero-order chi connectivity index (χ0) is 16.9. The number of likely N-dealkylation sites (tertiary alicyclic amines) is 1. The third-order valence-electron chi connectivity index (χ3n) is 4.31. The molecule has 1 aliphatic rings. The summed E-state index contributed by atoms with van der Waals surface area (Å²) >= 11 is 5.88. The van der Waals surface area contributed by atoms with Gasteiger partial charge in [-0.25, -0.2) is 0 Å². The molecule has 3 rings (SSSR count). The van der Waals surface area contributed by atoms with E-state index in [1.807, 2.05) is 48.4 Å². The van der Waals surface area contributed by atoms with E-state index in [0.717, 1.165) is 31.7 Å². The number of amides is 1. The van der Waals surface area contributed by atoms with Gasteiger partial charge in [-0.2, -0.15) is 5.10 Å². The monoisotopic (exact) mass is 347 g/mol. The van der Waals surface area contributed by atoms with Crippen LogP contribution in [-0.4, -0.2) is 39.8 Å². The van der Waals surface area contributed by atoms with Crippen molar-refractivity contribution >= 4 is 17.5 Å². The van der Waals surface area contributed by atoms with Crippen molar-refractivity contribution < 1.29 is 9.53 Å². The Morgan fingerprint density at radius 1 is 1.33 bits per heavy atom. The molecule has 0 radical (unpaired) electrons. The fourth-order valence-corrected chi connectivity index (χ4v) is 3.10. The normalized spacial score (nSPS) is 16.8. The predicted molar refractivity (Wildman–Crippen MR) is 93.1 cm³/mol. The number of nitrogens with zero attached hydrogens (tertiary/aromatic N) is 3. The lowest BCUT2D eigenvalue weighted by Gasteiger charge is -2.33. The van der Waals surface area contributed by atoms with E-state index in [1.54, 1.807) is 10.9 Å². The Labute approximate surface area is 147 Å². The lowest BCUT2D eigenvalue weighted by Crippen LogP contribution is -2.44. The molecule has 1 aliphatic heterocycles. The van der Waals surface area contributed by atoms with Crippen LogP contribution in [0.1, 0.15) is 19.8 Å². The molecule has 2 aromatic rings. The van der Waals surface area contributed by atoms with Crippen LogP contribution in [0.3, 0.4) is 0 Å². The van der Waals surface area contributed by atoms with E-state index >= 15 is 0 Å². The van der Waals surface area contributed by atoms with Gasteiger partial charge in [0.15, 0.2) is 0 Å². The van der Waals surface area contributed by atoms with Crippen molar-refractivity contribution in [1.82, 2.24) is 14.7 Å². The second-order valence-corrected chi connectivity index (χ2v) is 6.66. The number of halogens is 1. The van der Waals surface area contributed by atoms with E-state index in [2.05, 4.69) is 5.10 Å². The highest BCUT2D eigenvalue weighted by molar-refractivity contribution is 6.30. The van der Waals surface area contributed by atoms with Crippen molar-refractivity contribution in [3.05, 3.63) is 47.7 Å². The Balaban J connectivity index is 1.47. The minimum atomic E-state index is -0.0707. The van der Waals surface area contributed by atoms with Crippen molar-refractivity contribution in [2.75, 3.05) is 13.1 Å². The first-order chi connectivity index (χ1) is 11.6. The largest absolute Gasteiger partial charge is 0.490 e. The molecule has 128 valence electrons. The van der Waals surface area contributed by atoms with Crippen LogP contribution >= 0.6 is 11.6 Å². The van der Waals surface area contributed by atoms with Crippen LogP contribution in [0.25, 0.3) is 0 Å². The fraction of sp³-hybridized carbons (Fsp3) is 0.444. The van der Waals surface area contributed by atoms with Crippen molar-refractivity contribution in [2.45, 2.75) is 32.4 Å². The first-order valence-corrected chi connectivity index (χ1v) is 8.68. The number of carbonyl (C=O) groups is 1. The van der Waals surface area contributed by atoms with Crippen LogP contribution in [0.2, 0.25) is 5.02 Å². The molecular weight excluding hydrogens is 326 g/mol. The molecular formula is C18H22ClN3O2. The van der Waals surface area contributed by atoms with E-state index < -0.39 is 0 Å². The van der Waals surface area contributed by atoms with Gasteiger partial charge in [0.25, 0.3) is 0 Å². The SMILES string of the molecule is C[C@H](Cn1cccn1)C(=O)N1CCC(Oc2ccc(Cl)cc2)CC1. The van der Waals surface area contributed by atoms with Gasteiger partial charge in [-0.15, -0.1) is 0 Å². The number of rotatable bonds is 5. The second kappa shape index (κ2) is 7.71. The standard InChI is InChI=1S/C18H22ClN3O2/c1-14(13-22-10-2-9-20-22)18(23)21-11-7-17(8-12-21)24-16-5-3-15(19)4-6-16/h2-6,9-10,14,17H,7-8,11-13H2,1H3/t14-/m1/s1. The maximum Gasteiger partial charge on any atom is 0.227 e. The van der Waals surface area contributed by atoms with E-state index in [4.69, 9.17) is 16.3 Å². The van der Waals surface area contributed by atoms with Crippen LogP contribution in [0, 0.1) is 5.92 Å². The summed E-state index contributed by atoms with van der Waals surface area (Å²) in [6.07, 6.45) is 5.47. The van der Waals surface area contributed by atoms with Crippen LogP contribution in [-0.2, 0) is 11.3 Å². The molecule has 0 bridgehead atoms. The molecule has 1 aromatic heterocycles. The van der Waals surface area contributed by atoms with Gasteiger partial charge in [-0.3, -0.25) is 9.48 Å². The molecule has 0 saturated carbocycles. The molecule has 0 N–H and O–H groups in total. The number of carbonyl (C=O) groups excluding carboxylic acids is 1. The minimum absolute atomic E-state index is 0.0707. The summed E-state index contributed by atoms with van der Waals surface area (Å²) in [5, 5.41) is 4.87. The molecule has 1 saturated heterocycles. The second-order valence-electron chi connectivity index (χ2n) is 6.23. The molecule has 24 heavy (non-hydrogen) atoms. The summed E-state index contributed by atoms with van der Waals surface area (Å²) in [5.74, 6) is 0.949. The molecule has 2 heterocycles. The zero-order valence-corrected chi connectivity index (χ0v) is 14.5. The average Bonchev–Trinajstić information content (AvgIpc) is 3.10. The van der Waals surface area contributed by atoms with Gasteiger partial charge in [0, 0.05) is 43.3 Å². The molecule has 0 spiro atoms. The Hall–Kier alpha value is -2.01. The zero-order valence-electron chi connectivity index (χ0n) is 13.8. The molecule has 1 amide bonds. The maximum absolute atomic E-state index is 12.6. The summed E-state index contributed by atoms with van der Waals surface area (Å²) in [7, 11) is 0. The molecule has 1 aromatic carbocycles. The highest BCUT2D eigenvalue weighted by atomic mass is 35.5. The van der Waals surface area contributed by atoms with Crippen LogP contribution < -0.4 is 4.74 Å². The maximum atomic E-state index is 12.6. The number of aromatic nitrogens is 2. The van der Waals surface area contributed by atoms with Crippen molar-refractivity contribution in [2.24, 2.45) is 5.92 Å². The van der Waals surface area contributed by atoms with E-state index in [1.165, 1.54) is 0 Å². The van der Waals surface area contributed by atoms with E-state index in [0.29, 0.717) is 11.6 Å². The Kier molecular flexibility index (Phi) is 5.41. The molecule has 0 aliphatic carbocycles. The quantitative estimate of drug-likeness (QED) is 0.834. The topological polar surface area (TPSA) is 47.4 Å². The third-order valence-corrected chi connectivity index (χ3v) is 4.56. The molecule has 1 atom stereocenters. The summed E-state index contributed by atoms with van der Waals surface area (Å²) < 4.78 is 7.78. The lowest BCUT2D eigenvalue weighted by atomic mass is 10.0. The highest BCUT2D eigenvalue weighted by Crippen LogP contribution is 2.22. The van der Waals surface area contributed by atoms with Crippen molar-refractivity contribution in [3.8, 4) is 5.75 Å². The van der Waals surface area contributed by atoms with Gasteiger partial charge in [-0.05, 0) is 30.3 Å². The predicted octanol–water partition coefficient (Wildman–Crippen LogP) is 3.24. The first-order valence-electron chi connectivity index (χ1n) is 8.30. The molecule has 1 fully saturated rings. The van der Waals surface area contributed by atoms with E-state index in [-0.39, 0.29) is 17.9 Å². The van der Waals surface area contributed by atoms with E-state index in [9.17, 15) is 4.79 Å². The molecule has 0 unspecified atom stereocenters. The summed E-state index contributed by atoms with van der Waals surface area (Å²) in [6.45, 7) is 4.05. The number of hydrogen-bond donors (Lipinski definition) is 0. The summed E-state index contributed by atoms with van der Waals surface area (Å²) in [4.78, 5) is 14.5. The Bertz CT molecular complexity index is 649. The molecule has 6 heteroatoms. The van der Waals surface area contributed by atoms with Gasteiger partial charge < -0.3 is 9.64 Å². The first kappa shape index (κ1) is 16.8. The highest BCUT2D eigenvalue weighted by Gasteiger charge is 2.27. The smallest absolute Gasteiger partial charge is 0.227 e. The van der Waals surface area contributed by atoms with Gasteiger partial charge in [0.05, 0.1) is 12.5 Å². The van der Waals surface area contributed by atoms with Crippen molar-refractivity contribution in [1.29, 1.82) is 0 Å². The van der Waals surface area contributed by atoms with Gasteiger partial charge in [-0.1, -0.05) is 18.5 Å². The lowest BCUT2D eigenvalue weighted by molar-refractivity contribution is -0.137. The minimum Gasteiger partial charge on any atom is -0.490 e. The van der Waals surface area contributed by atoms with Gasteiger partial charge >= 0.3 is 0 Å². The van der Waals surface area contributed by atoms with Crippen LogP contribution in [0.4, 0.5) is 0 Å². The van der Waals surface area contributed by atoms with Crippen LogP contribution in [0.5, 0.6) is 5.75 Å². The van der Waals surface area contributed by atoms with Gasteiger partial charge in [0.1, 0.15) is 11.9 Å². The Morgan fingerprint density at radius 3 is 2.67 bits per heavy atom. The third kappa shape index (κ3) is 4.29. The fourth-order valence-electron chi connectivity index (χ4n) is 2.98. The number of piperidine rings is 1. The summed E-state index contributed by atoms with van der Waals surface area (Å²) in [5.41, 5.74) is 0. The molecule has 5 nitrogen and oxygen atoms in total. The van der Waals surface area contributed by atoms with Crippen molar-refractivity contribution in [3.63, 3.8) is 0 Å².